The minimum absolute atomic E-state index is 0.0338. The Kier molecular flexibility index (Phi) is 8.94. The van der Waals surface area contributed by atoms with Crippen molar-refractivity contribution in [3.63, 3.8) is 0 Å². The van der Waals surface area contributed by atoms with Crippen LogP contribution in [0, 0.1) is 15.0 Å². The summed E-state index contributed by atoms with van der Waals surface area (Å²) in [5.41, 5.74) is 2.70. The number of fused-ring (bicyclic) bond motifs is 3. The molecule has 0 bridgehead atoms. The largest absolute Gasteiger partial charge is 0.340 e. The number of aryl methyl sites for hydroxylation is 1. The van der Waals surface area contributed by atoms with E-state index >= 15 is 0 Å². The molecule has 3 rings (SSSR count). The summed E-state index contributed by atoms with van der Waals surface area (Å²) in [7, 11) is -3.00. The minimum Gasteiger partial charge on any atom is -0.340 e. The van der Waals surface area contributed by atoms with Gasteiger partial charge in [0.2, 0.25) is 0 Å². The van der Waals surface area contributed by atoms with Crippen LogP contribution in [0.1, 0.15) is 58.1 Å². The second kappa shape index (κ2) is 11.7. The summed E-state index contributed by atoms with van der Waals surface area (Å²) in [4.78, 5) is 22.0. The zero-order chi connectivity index (χ0) is 24.7. The fourth-order valence-electron chi connectivity index (χ4n) is 4.27. The Balaban J connectivity index is 1.77. The van der Waals surface area contributed by atoms with Crippen LogP contribution in [-0.2, 0) is 20.2 Å². The van der Waals surface area contributed by atoms with Gasteiger partial charge in [0.25, 0.3) is 5.69 Å². The molecule has 2 aromatic carbocycles. The van der Waals surface area contributed by atoms with Gasteiger partial charge < -0.3 is 13.6 Å². The molecule has 1 unspecified atom stereocenters. The van der Waals surface area contributed by atoms with Gasteiger partial charge in [-0.2, -0.15) is 4.91 Å². The van der Waals surface area contributed by atoms with Crippen LogP contribution in [0.5, 0.6) is 0 Å². The third-order valence-corrected chi connectivity index (χ3v) is 8.11. The minimum atomic E-state index is -3.00. The molecular weight excluding hydrogens is 457 g/mol. The zero-order valence-corrected chi connectivity index (χ0v) is 20.8. The molecule has 0 fully saturated rings. The third-order valence-electron chi connectivity index (χ3n) is 5.94. The smallest absolute Gasteiger partial charge is 0.330 e. The molecule has 0 amide bonds. The second-order valence-corrected chi connectivity index (χ2v) is 10.4. The highest BCUT2D eigenvalue weighted by Gasteiger charge is 2.22. The first-order valence-electron chi connectivity index (χ1n) is 11.7. The van der Waals surface area contributed by atoms with Gasteiger partial charge in [0.05, 0.1) is 24.3 Å². The number of nitro benzene ring substituents is 1. The predicted octanol–water partition coefficient (Wildman–Crippen LogP) is 7.36. The van der Waals surface area contributed by atoms with Gasteiger partial charge in [-0.25, -0.2) is 0 Å². The van der Waals surface area contributed by atoms with Crippen molar-refractivity contribution < 1.29 is 18.5 Å². The van der Waals surface area contributed by atoms with Crippen molar-refractivity contribution in [2.75, 3.05) is 19.4 Å². The van der Waals surface area contributed by atoms with Crippen LogP contribution in [0.4, 0.5) is 5.69 Å². The van der Waals surface area contributed by atoms with E-state index in [1.54, 1.807) is 19.1 Å². The van der Waals surface area contributed by atoms with E-state index in [0.29, 0.717) is 19.4 Å². The summed E-state index contributed by atoms with van der Waals surface area (Å²) < 4.78 is 25.4. The maximum atomic E-state index is 12.6. The van der Waals surface area contributed by atoms with E-state index in [2.05, 4.69) is 9.74 Å². The first-order valence-corrected chi connectivity index (χ1v) is 13.5. The van der Waals surface area contributed by atoms with E-state index in [1.165, 1.54) is 6.07 Å². The highest BCUT2D eigenvalue weighted by atomic mass is 31.2. The van der Waals surface area contributed by atoms with Gasteiger partial charge >= 0.3 is 7.60 Å². The molecule has 3 aromatic rings. The molecule has 0 saturated heterocycles. The van der Waals surface area contributed by atoms with Crippen LogP contribution < -0.4 is 0 Å². The number of nitroso groups, excluding NO2 is 1. The molecule has 0 aliphatic heterocycles. The van der Waals surface area contributed by atoms with Crippen LogP contribution in [0.2, 0.25) is 0 Å². The van der Waals surface area contributed by atoms with Crippen molar-refractivity contribution in [1.82, 2.24) is 4.57 Å². The summed E-state index contributed by atoms with van der Waals surface area (Å²) in [6.45, 7) is 6.83. The van der Waals surface area contributed by atoms with Gasteiger partial charge in [-0.3, -0.25) is 14.7 Å². The Morgan fingerprint density at radius 2 is 1.62 bits per heavy atom. The molecule has 0 N–H and O–H groups in total. The Bertz CT molecular complexity index is 1200. The molecule has 1 heterocycles. The summed E-state index contributed by atoms with van der Waals surface area (Å²) in [6, 6.07) is 10.2. The number of aromatic nitrogens is 1. The van der Waals surface area contributed by atoms with Crippen LogP contribution >= 0.6 is 7.60 Å². The lowest BCUT2D eigenvalue weighted by Gasteiger charge is -2.16. The van der Waals surface area contributed by atoms with Crippen LogP contribution in [0.3, 0.4) is 0 Å². The van der Waals surface area contributed by atoms with E-state index in [9.17, 15) is 19.6 Å². The van der Waals surface area contributed by atoms with Gasteiger partial charge in [0.15, 0.2) is 0 Å². The number of nitro groups is 1. The molecule has 0 spiro atoms. The maximum absolute atomic E-state index is 12.6. The van der Waals surface area contributed by atoms with Gasteiger partial charge in [0, 0.05) is 40.5 Å². The fourth-order valence-corrected chi connectivity index (χ4v) is 6.00. The molecule has 10 heteroatoms. The third kappa shape index (κ3) is 5.90. The lowest BCUT2D eigenvalue weighted by molar-refractivity contribution is -0.384. The van der Waals surface area contributed by atoms with Gasteiger partial charge in [-0.05, 0) is 57.4 Å². The molecule has 0 radical (unpaired) electrons. The lowest BCUT2D eigenvalue weighted by Crippen LogP contribution is -2.01. The van der Waals surface area contributed by atoms with E-state index in [0.717, 1.165) is 59.6 Å². The predicted molar refractivity (Wildman–Crippen MR) is 135 cm³/mol. The fraction of sp³-hybridized carbons (Fsp3) is 0.500. The number of rotatable bonds is 14. The standard InChI is InChI=1S/C24H32N3O6P/c1-4-32-34(31,33-5-2)15-9-7-6-8-14-26-23-12-10-19(18(3)25-28)16-21(23)22-17-20(27(29)30)11-13-24(22)26/h10-13,16-18H,4-9,14-15H2,1-3H3. The number of non-ortho nitro benzene ring substituents is 1. The van der Waals surface area contributed by atoms with E-state index < -0.39 is 18.6 Å². The van der Waals surface area contributed by atoms with Gasteiger partial charge in [-0.1, -0.05) is 24.1 Å². The molecule has 9 nitrogen and oxygen atoms in total. The average Bonchev–Trinajstić information content (AvgIpc) is 3.13. The van der Waals surface area contributed by atoms with Crippen molar-refractivity contribution in [1.29, 1.82) is 0 Å². The van der Waals surface area contributed by atoms with Crippen molar-refractivity contribution in [3.05, 3.63) is 57.0 Å². The molecule has 34 heavy (non-hydrogen) atoms. The van der Waals surface area contributed by atoms with Crippen LogP contribution in [0.15, 0.2) is 41.6 Å². The van der Waals surface area contributed by atoms with Crippen LogP contribution in [-0.4, -0.2) is 28.9 Å². The van der Waals surface area contributed by atoms with E-state index in [-0.39, 0.29) is 5.69 Å². The van der Waals surface area contributed by atoms with Crippen LogP contribution in [0.25, 0.3) is 21.8 Å². The van der Waals surface area contributed by atoms with E-state index in [1.807, 2.05) is 32.0 Å². The zero-order valence-electron chi connectivity index (χ0n) is 19.9. The Labute approximate surface area is 199 Å². The molecule has 0 aliphatic rings. The van der Waals surface area contributed by atoms with Crippen molar-refractivity contribution in [2.24, 2.45) is 5.18 Å². The first-order chi connectivity index (χ1) is 16.3. The summed E-state index contributed by atoms with van der Waals surface area (Å²) >= 11 is 0. The van der Waals surface area contributed by atoms with Crippen molar-refractivity contribution in [2.45, 2.75) is 59.0 Å². The molecule has 184 valence electrons. The Morgan fingerprint density at radius 3 is 2.24 bits per heavy atom. The van der Waals surface area contributed by atoms with Crippen molar-refractivity contribution >= 4 is 35.1 Å². The molecule has 0 saturated carbocycles. The number of hydrogen-bond acceptors (Lipinski definition) is 7. The summed E-state index contributed by atoms with van der Waals surface area (Å²) in [6.07, 6.45) is 3.92. The maximum Gasteiger partial charge on any atom is 0.330 e. The van der Waals surface area contributed by atoms with Gasteiger partial charge in [-0.15, -0.1) is 0 Å². The summed E-state index contributed by atoms with van der Waals surface area (Å²) in [5, 5.41) is 16.1. The van der Waals surface area contributed by atoms with Gasteiger partial charge in [0.1, 0.15) is 6.04 Å². The normalized spacial score (nSPS) is 12.9. The monoisotopic (exact) mass is 489 g/mol. The molecule has 1 aromatic heterocycles. The summed E-state index contributed by atoms with van der Waals surface area (Å²) in [5.74, 6) is 0. The molecule has 1 atom stereocenters. The topological polar surface area (TPSA) is 113 Å². The number of unbranched alkanes of at least 4 members (excludes halogenated alkanes) is 3. The lowest BCUT2D eigenvalue weighted by atomic mass is 10.0. The van der Waals surface area contributed by atoms with Crippen molar-refractivity contribution in [3.8, 4) is 0 Å². The highest BCUT2D eigenvalue weighted by Crippen LogP contribution is 2.48. The second-order valence-electron chi connectivity index (χ2n) is 8.25. The SMILES string of the molecule is CCOP(=O)(CCCCCCn1c2ccc(C(C)N=O)cc2c2cc([N+](=O)[O-])ccc21)OCC. The number of benzene rings is 2. The quantitative estimate of drug-likeness (QED) is 0.0768. The highest BCUT2D eigenvalue weighted by molar-refractivity contribution is 7.53. The Hall–Kier alpha value is -2.61. The average molecular weight is 490 g/mol. The first kappa shape index (κ1) is 26.0. The molecular formula is C24H32N3O6P. The number of nitrogens with zero attached hydrogens (tertiary/aromatic N) is 3. The van der Waals surface area contributed by atoms with E-state index in [4.69, 9.17) is 9.05 Å². The number of hydrogen-bond donors (Lipinski definition) is 0. The Morgan fingerprint density at radius 1 is 1.00 bits per heavy atom. The molecule has 0 aliphatic carbocycles.